The van der Waals surface area contributed by atoms with Gasteiger partial charge in [-0.1, -0.05) is 56.3 Å². The molecule has 0 radical (unpaired) electrons. The third-order valence-corrected chi connectivity index (χ3v) is 13.7. The average molecular weight is 873 g/mol. The van der Waals surface area contributed by atoms with E-state index in [0.29, 0.717) is 45.9 Å². The first-order valence-corrected chi connectivity index (χ1v) is 22.9. The fourth-order valence-corrected chi connectivity index (χ4v) is 10.0. The molecule has 15 nitrogen and oxygen atoms in total. The van der Waals surface area contributed by atoms with Crippen LogP contribution in [0.4, 0.5) is 9.59 Å². The zero-order valence-corrected chi connectivity index (χ0v) is 37.3. The molecule has 0 saturated carbocycles. The number of methoxy groups -OCH3 is 2. The molecule has 64 heavy (non-hydrogen) atoms. The van der Waals surface area contributed by atoms with Crippen molar-refractivity contribution in [2.24, 2.45) is 11.8 Å². The molecule has 3 fully saturated rings. The molecule has 4 N–H and O–H groups in total. The SMILES string of the molecule is COC(=O)NC(COCN1CCCC1c1ncc(-c2ccc3cc(-c4ccc5c(c4)CCc4[nH]c(C6CCCN6C(=O)C(NC(=O)OC)C6CCOCC6)nc4-5)ccc3c2)[nH]1)C(C)C. The molecule has 1 aliphatic carbocycles. The minimum absolute atomic E-state index is 0.0141. The molecule has 3 aliphatic heterocycles. The van der Waals surface area contributed by atoms with Gasteiger partial charge in [0.25, 0.3) is 0 Å². The molecule has 2 aromatic heterocycles. The van der Waals surface area contributed by atoms with Crippen LogP contribution in [0.2, 0.25) is 0 Å². The second-order valence-electron chi connectivity index (χ2n) is 18.0. The first-order chi connectivity index (χ1) is 31.2. The molecule has 3 amide bonds. The van der Waals surface area contributed by atoms with Gasteiger partial charge in [-0.3, -0.25) is 9.69 Å². The van der Waals surface area contributed by atoms with Gasteiger partial charge in [-0.15, -0.1) is 0 Å². The first kappa shape index (κ1) is 43.5. The second kappa shape index (κ2) is 19.1. The monoisotopic (exact) mass is 872 g/mol. The molecule has 4 unspecified atom stereocenters. The molecule has 15 heteroatoms. The Hall–Kier alpha value is -5.77. The number of nitrogens with zero attached hydrogens (tertiary/aromatic N) is 4. The quantitative estimate of drug-likeness (QED) is 0.0918. The van der Waals surface area contributed by atoms with Gasteiger partial charge < -0.3 is 44.4 Å². The molecule has 5 aromatic rings. The maximum atomic E-state index is 14.1. The molecule has 5 heterocycles. The number of benzene rings is 3. The fraction of sp³-hybridized carbons (Fsp3) is 0.490. The normalized spacial score (nSPS) is 19.9. The Morgan fingerprint density at radius 3 is 2.30 bits per heavy atom. The molecule has 0 bridgehead atoms. The number of hydrogen-bond donors (Lipinski definition) is 4. The lowest BCUT2D eigenvalue weighted by molar-refractivity contribution is -0.136. The number of hydrogen-bond acceptors (Lipinski definition) is 10. The summed E-state index contributed by atoms with van der Waals surface area (Å²) in [6.07, 6.45) is 7.77. The predicted octanol–water partition coefficient (Wildman–Crippen LogP) is 7.69. The highest BCUT2D eigenvalue weighted by Gasteiger charge is 2.41. The lowest BCUT2D eigenvalue weighted by Crippen LogP contribution is -2.53. The Labute approximate surface area is 374 Å². The fourth-order valence-electron chi connectivity index (χ4n) is 10.0. The summed E-state index contributed by atoms with van der Waals surface area (Å²) in [6.45, 7) is 7.65. The summed E-state index contributed by atoms with van der Waals surface area (Å²) in [5.41, 5.74) is 8.83. The molecule has 3 aromatic carbocycles. The summed E-state index contributed by atoms with van der Waals surface area (Å²) in [5, 5.41) is 8.04. The van der Waals surface area contributed by atoms with Crippen molar-refractivity contribution in [1.29, 1.82) is 0 Å². The lowest BCUT2D eigenvalue weighted by atomic mass is 9.89. The Morgan fingerprint density at radius 1 is 0.812 bits per heavy atom. The van der Waals surface area contributed by atoms with Crippen molar-refractivity contribution in [3.8, 4) is 33.6 Å². The van der Waals surface area contributed by atoms with Gasteiger partial charge in [0, 0.05) is 43.1 Å². The third-order valence-electron chi connectivity index (χ3n) is 13.7. The van der Waals surface area contributed by atoms with Crippen molar-refractivity contribution in [2.75, 3.05) is 53.9 Å². The van der Waals surface area contributed by atoms with E-state index in [2.05, 4.69) is 93.9 Å². The second-order valence-corrected chi connectivity index (χ2v) is 18.0. The number of fused-ring (bicyclic) bond motifs is 4. The highest BCUT2D eigenvalue weighted by Crippen LogP contribution is 2.40. The minimum atomic E-state index is -0.669. The minimum Gasteiger partial charge on any atom is -0.453 e. The number of aromatic amines is 2. The number of likely N-dealkylation sites (tertiary alicyclic amines) is 2. The van der Waals surface area contributed by atoms with E-state index in [0.717, 1.165) is 107 Å². The van der Waals surface area contributed by atoms with E-state index in [1.807, 2.05) is 11.1 Å². The van der Waals surface area contributed by atoms with Crippen molar-refractivity contribution in [1.82, 2.24) is 40.4 Å². The van der Waals surface area contributed by atoms with E-state index < -0.39 is 18.2 Å². The lowest BCUT2D eigenvalue weighted by Gasteiger charge is -2.34. The largest absolute Gasteiger partial charge is 0.453 e. The number of aryl methyl sites for hydroxylation is 2. The number of H-pyrrole nitrogens is 2. The number of carbonyl (C=O) groups is 3. The van der Waals surface area contributed by atoms with Gasteiger partial charge in [0.15, 0.2) is 0 Å². The van der Waals surface area contributed by atoms with E-state index in [1.165, 1.54) is 19.8 Å². The van der Waals surface area contributed by atoms with Gasteiger partial charge in [0.1, 0.15) is 17.7 Å². The van der Waals surface area contributed by atoms with Gasteiger partial charge in [-0.2, -0.15) is 0 Å². The summed E-state index contributed by atoms with van der Waals surface area (Å²) in [7, 11) is 2.70. The molecular formula is C49H60N8O7. The van der Waals surface area contributed by atoms with Gasteiger partial charge in [0.2, 0.25) is 5.91 Å². The summed E-state index contributed by atoms with van der Waals surface area (Å²) in [6, 6.07) is 19.0. The van der Waals surface area contributed by atoms with Crippen molar-refractivity contribution in [3.63, 3.8) is 0 Å². The molecule has 4 atom stereocenters. The Kier molecular flexibility index (Phi) is 13.0. The van der Waals surface area contributed by atoms with Gasteiger partial charge in [0.05, 0.1) is 63.3 Å². The van der Waals surface area contributed by atoms with E-state index in [1.54, 1.807) is 0 Å². The summed E-state index contributed by atoms with van der Waals surface area (Å²) < 4.78 is 21.4. The zero-order valence-electron chi connectivity index (χ0n) is 37.3. The van der Waals surface area contributed by atoms with E-state index in [-0.39, 0.29) is 35.9 Å². The molecule has 4 aliphatic rings. The van der Waals surface area contributed by atoms with Crippen LogP contribution in [0.25, 0.3) is 44.4 Å². The predicted molar refractivity (Wildman–Crippen MR) is 242 cm³/mol. The van der Waals surface area contributed by atoms with Gasteiger partial charge >= 0.3 is 12.2 Å². The molecule has 0 spiro atoms. The number of carbonyl (C=O) groups excluding carboxylic acids is 3. The van der Waals surface area contributed by atoms with Crippen LogP contribution in [0.3, 0.4) is 0 Å². The van der Waals surface area contributed by atoms with E-state index in [9.17, 15) is 14.4 Å². The Balaban J connectivity index is 0.867. The number of ether oxygens (including phenoxy) is 4. The van der Waals surface area contributed by atoms with Crippen LogP contribution in [0.15, 0.2) is 60.8 Å². The van der Waals surface area contributed by atoms with Crippen molar-refractivity contribution in [3.05, 3.63) is 83.7 Å². The van der Waals surface area contributed by atoms with Crippen molar-refractivity contribution < 1.29 is 33.3 Å². The topological polar surface area (TPSA) is 176 Å². The smallest absolute Gasteiger partial charge is 0.407 e. The number of aromatic nitrogens is 4. The summed E-state index contributed by atoms with van der Waals surface area (Å²) >= 11 is 0. The number of rotatable bonds is 13. The van der Waals surface area contributed by atoms with Gasteiger partial charge in [-0.25, -0.2) is 19.6 Å². The van der Waals surface area contributed by atoms with Crippen LogP contribution >= 0.6 is 0 Å². The highest BCUT2D eigenvalue weighted by molar-refractivity contribution is 5.91. The summed E-state index contributed by atoms with van der Waals surface area (Å²) in [5.74, 6) is 1.86. The van der Waals surface area contributed by atoms with Crippen LogP contribution in [-0.2, 0) is 36.6 Å². The van der Waals surface area contributed by atoms with Crippen LogP contribution in [-0.4, -0.2) is 114 Å². The van der Waals surface area contributed by atoms with Gasteiger partial charge in [-0.05, 0) is 103 Å². The van der Waals surface area contributed by atoms with Crippen molar-refractivity contribution in [2.45, 2.75) is 89.4 Å². The standard InChI is InChI=1S/C49H60N8O7/c1-29(2)40(53-48(59)61-3)27-64-28-56-19-5-7-41(56)45-50-26-39(52-45)36-12-11-32-23-31(9-10-33(32)25-36)34-13-15-37-35(24-34)14-16-38-44(37)54-46(51-38)42-8-6-20-57(42)47(58)43(55-49(60)62-4)30-17-21-63-22-18-30/h9-13,15,23-26,29-30,40-43H,5-8,14,16-22,27-28H2,1-4H3,(H,50,52)(H,51,54)(H,53,59)(H,55,60). The number of amides is 3. The molecular weight excluding hydrogens is 813 g/mol. The highest BCUT2D eigenvalue weighted by atomic mass is 16.5. The Bertz CT molecular complexity index is 2480. The van der Waals surface area contributed by atoms with Crippen LogP contribution in [0.5, 0.6) is 0 Å². The Morgan fingerprint density at radius 2 is 1.52 bits per heavy atom. The third kappa shape index (κ3) is 9.11. The molecule has 9 rings (SSSR count). The van der Waals surface area contributed by atoms with Crippen LogP contribution in [0, 0.1) is 11.8 Å². The summed E-state index contributed by atoms with van der Waals surface area (Å²) in [4.78, 5) is 59.8. The average Bonchev–Trinajstić information content (AvgIpc) is 4.17. The number of alkyl carbamates (subject to hydrolysis) is 2. The molecule has 3 saturated heterocycles. The first-order valence-electron chi connectivity index (χ1n) is 22.9. The van der Waals surface area contributed by atoms with E-state index >= 15 is 0 Å². The number of imidazole rings is 2. The van der Waals surface area contributed by atoms with Crippen molar-refractivity contribution >= 4 is 28.9 Å². The van der Waals surface area contributed by atoms with Crippen LogP contribution < -0.4 is 10.6 Å². The maximum Gasteiger partial charge on any atom is 0.407 e. The zero-order chi connectivity index (χ0) is 44.3. The van der Waals surface area contributed by atoms with Crippen LogP contribution in [0.1, 0.15) is 87.4 Å². The number of nitrogens with one attached hydrogen (secondary N) is 4. The maximum absolute atomic E-state index is 14.1. The molecule has 338 valence electrons. The van der Waals surface area contributed by atoms with E-state index in [4.69, 9.17) is 28.9 Å².